The summed E-state index contributed by atoms with van der Waals surface area (Å²) < 4.78 is 14.6. The van der Waals surface area contributed by atoms with Crippen LogP contribution in [-0.2, 0) is 11.2 Å². The van der Waals surface area contributed by atoms with Gasteiger partial charge < -0.3 is 5.73 Å². The van der Waals surface area contributed by atoms with Gasteiger partial charge in [-0.05, 0) is 36.5 Å². The van der Waals surface area contributed by atoms with E-state index in [1.807, 2.05) is 0 Å². The van der Waals surface area contributed by atoms with E-state index in [1.165, 1.54) is 36.3 Å². The molecule has 0 radical (unpaired) electrons. The first kappa shape index (κ1) is 23.4. The molecule has 0 fully saturated rings. The molecule has 1 aromatic rings. The lowest BCUT2D eigenvalue weighted by atomic mass is 9.96. The number of benzene rings is 1. The Balaban J connectivity index is 2.18. The Morgan fingerprint density at radius 2 is 2.21 bits per heavy atom. The van der Waals surface area contributed by atoms with Crippen LogP contribution in [0, 0.1) is 11.7 Å². The van der Waals surface area contributed by atoms with Crippen molar-refractivity contribution in [2.75, 3.05) is 5.75 Å². The first-order valence-corrected chi connectivity index (χ1v) is 11.0. The number of nitrogens with zero attached hydrogens (tertiary/aromatic N) is 2. The minimum Gasteiger partial charge on any atom is -0.379 e. The van der Waals surface area contributed by atoms with E-state index in [2.05, 4.69) is 23.5 Å². The van der Waals surface area contributed by atoms with Gasteiger partial charge in [-0.25, -0.2) is 4.39 Å². The number of carbonyl (C=O) groups is 1. The van der Waals surface area contributed by atoms with Crippen LogP contribution >= 0.6 is 23.4 Å². The van der Waals surface area contributed by atoms with Crippen molar-refractivity contribution in [1.29, 1.82) is 0 Å². The molecular formula is C22H27ClFN3OS. The number of aliphatic imine (C=N–C) groups is 2. The number of nitrogens with two attached hydrogens (primary N) is 1. The highest BCUT2D eigenvalue weighted by Crippen LogP contribution is 2.30. The van der Waals surface area contributed by atoms with Crippen LogP contribution in [0.4, 0.5) is 4.39 Å². The van der Waals surface area contributed by atoms with E-state index in [4.69, 9.17) is 17.3 Å². The number of carbonyl (C=O) groups excluding carboxylic acids is 1. The van der Waals surface area contributed by atoms with Crippen molar-refractivity contribution in [3.63, 3.8) is 0 Å². The molecular weight excluding hydrogens is 409 g/mol. The summed E-state index contributed by atoms with van der Waals surface area (Å²) in [6.45, 7) is 5.72. The zero-order valence-corrected chi connectivity index (χ0v) is 18.2. The van der Waals surface area contributed by atoms with Gasteiger partial charge in [0.1, 0.15) is 5.82 Å². The molecule has 29 heavy (non-hydrogen) atoms. The van der Waals surface area contributed by atoms with Gasteiger partial charge in [-0.15, -0.1) is 0 Å². The third-order valence-electron chi connectivity index (χ3n) is 4.63. The van der Waals surface area contributed by atoms with E-state index in [-0.39, 0.29) is 24.1 Å². The van der Waals surface area contributed by atoms with Crippen LogP contribution in [0.25, 0.3) is 0 Å². The van der Waals surface area contributed by atoms with Crippen LogP contribution in [0.3, 0.4) is 0 Å². The number of ketones is 1. The molecule has 7 heteroatoms. The van der Waals surface area contributed by atoms with Gasteiger partial charge in [0.25, 0.3) is 0 Å². The van der Waals surface area contributed by atoms with Crippen molar-refractivity contribution in [2.45, 2.75) is 45.1 Å². The lowest BCUT2D eigenvalue weighted by molar-refractivity contribution is -0.112. The molecule has 2 atom stereocenters. The normalized spacial score (nSPS) is 21.6. The van der Waals surface area contributed by atoms with Crippen LogP contribution in [0.1, 0.15) is 49.8 Å². The largest absolute Gasteiger partial charge is 0.379 e. The van der Waals surface area contributed by atoms with Crippen LogP contribution < -0.4 is 5.73 Å². The number of halogens is 2. The molecule has 2 rings (SSSR count). The van der Waals surface area contributed by atoms with Crippen molar-refractivity contribution < 1.29 is 9.18 Å². The first-order chi connectivity index (χ1) is 13.9. The average molecular weight is 436 g/mol. The Morgan fingerprint density at radius 1 is 1.45 bits per heavy atom. The van der Waals surface area contributed by atoms with E-state index in [0.29, 0.717) is 27.2 Å². The number of rotatable bonds is 6. The number of amidine groups is 1. The summed E-state index contributed by atoms with van der Waals surface area (Å²) in [5.74, 6) is 0.982. The maximum Gasteiger partial charge on any atom is 0.178 e. The van der Waals surface area contributed by atoms with Crippen LogP contribution in [0.15, 0.2) is 52.1 Å². The Bertz CT molecular complexity index is 822. The maximum atomic E-state index is 14.6. The summed E-state index contributed by atoms with van der Waals surface area (Å²) in [6, 6.07) is 4.38. The van der Waals surface area contributed by atoms with Crippen molar-refractivity contribution in [3.05, 3.63) is 59.0 Å². The Morgan fingerprint density at radius 3 is 2.97 bits per heavy atom. The molecule has 0 aliphatic carbocycles. The van der Waals surface area contributed by atoms with Gasteiger partial charge in [0, 0.05) is 23.9 Å². The van der Waals surface area contributed by atoms with E-state index in [1.54, 1.807) is 12.1 Å². The molecule has 1 aliphatic rings. The summed E-state index contributed by atoms with van der Waals surface area (Å²) >= 11 is 7.28. The zero-order chi connectivity index (χ0) is 21.2. The van der Waals surface area contributed by atoms with E-state index in [9.17, 15) is 9.18 Å². The SMILES string of the molecule is C=C/C(Cl)=C\N=CC(=O)Cc1ccc(F)c([C@H]2CCCC[C@@H](C)CSC(N)=N2)c1. The highest BCUT2D eigenvalue weighted by atomic mass is 35.5. The number of hydrogen-bond acceptors (Lipinski definition) is 5. The minimum atomic E-state index is -0.339. The Labute approximate surface area is 181 Å². The molecule has 2 N–H and O–H groups in total. The molecule has 1 aliphatic heterocycles. The fraction of sp³-hybridized carbons (Fsp3) is 0.409. The number of allylic oxidation sites excluding steroid dienone is 2. The molecule has 1 aromatic carbocycles. The van der Waals surface area contributed by atoms with Crippen molar-refractivity contribution in [3.8, 4) is 0 Å². The van der Waals surface area contributed by atoms with Gasteiger partial charge in [0.05, 0.1) is 17.3 Å². The predicted octanol–water partition coefficient (Wildman–Crippen LogP) is 5.57. The fourth-order valence-corrected chi connectivity index (χ4v) is 3.95. The van der Waals surface area contributed by atoms with Crippen LogP contribution in [0.5, 0.6) is 0 Å². The van der Waals surface area contributed by atoms with E-state index in [0.717, 1.165) is 31.4 Å². The number of Topliss-reactive ketones (excluding diaryl/α,β-unsaturated/α-hetero) is 1. The average Bonchev–Trinajstić information content (AvgIpc) is 2.69. The number of hydrogen-bond donors (Lipinski definition) is 1. The van der Waals surface area contributed by atoms with Crippen LogP contribution in [0.2, 0.25) is 0 Å². The first-order valence-electron chi connectivity index (χ1n) is 9.67. The third kappa shape index (κ3) is 8.15. The summed E-state index contributed by atoms with van der Waals surface area (Å²) in [7, 11) is 0. The van der Waals surface area contributed by atoms with Gasteiger partial charge in [0.15, 0.2) is 11.0 Å². The highest BCUT2D eigenvalue weighted by Gasteiger charge is 2.18. The fourth-order valence-electron chi connectivity index (χ4n) is 3.07. The molecule has 0 saturated carbocycles. The molecule has 1 heterocycles. The van der Waals surface area contributed by atoms with Gasteiger partial charge in [-0.1, -0.05) is 61.8 Å². The topological polar surface area (TPSA) is 67.8 Å². The molecule has 4 nitrogen and oxygen atoms in total. The second-order valence-corrected chi connectivity index (χ2v) is 8.66. The standard InChI is InChI=1S/C22H27ClFN3OS/c1-3-17(23)12-26-13-18(28)10-16-8-9-20(24)19(11-16)21-7-5-4-6-15(2)14-29-22(25)27-21/h3,8-9,11-13,15,21H,1,4-7,10,14H2,2H3,(H2,25,27)/b17-12+,26-13?/t15-,21-/m1/s1. The predicted molar refractivity (Wildman–Crippen MR) is 122 cm³/mol. The molecule has 0 unspecified atom stereocenters. The summed E-state index contributed by atoms with van der Waals surface area (Å²) in [5, 5.41) is 0.833. The number of thioether (sulfide) groups is 1. The zero-order valence-electron chi connectivity index (χ0n) is 16.6. The molecule has 156 valence electrons. The third-order valence-corrected chi connectivity index (χ3v) is 6.02. The molecule has 0 bridgehead atoms. The monoisotopic (exact) mass is 435 g/mol. The van der Waals surface area contributed by atoms with Crippen molar-refractivity contribution in [1.82, 2.24) is 0 Å². The molecule has 0 spiro atoms. The minimum absolute atomic E-state index is 0.120. The summed E-state index contributed by atoms with van der Waals surface area (Å²) in [4.78, 5) is 20.6. The Hall–Kier alpha value is -1.92. The molecule has 0 saturated heterocycles. The van der Waals surface area contributed by atoms with Gasteiger partial charge in [-0.2, -0.15) is 0 Å². The van der Waals surface area contributed by atoms with E-state index < -0.39 is 0 Å². The summed E-state index contributed by atoms with van der Waals surface area (Å²) in [5.41, 5.74) is 7.27. The van der Waals surface area contributed by atoms with Gasteiger partial charge >= 0.3 is 0 Å². The second kappa shape index (κ2) is 11.9. The van der Waals surface area contributed by atoms with Crippen molar-refractivity contribution >= 4 is 40.5 Å². The Kier molecular flexibility index (Phi) is 9.61. The lowest BCUT2D eigenvalue weighted by Gasteiger charge is -2.19. The smallest absolute Gasteiger partial charge is 0.178 e. The van der Waals surface area contributed by atoms with Gasteiger partial charge in [-0.3, -0.25) is 14.8 Å². The quantitative estimate of drug-likeness (QED) is 0.468. The molecule has 0 amide bonds. The van der Waals surface area contributed by atoms with E-state index >= 15 is 0 Å². The van der Waals surface area contributed by atoms with Crippen molar-refractivity contribution in [2.24, 2.45) is 21.6 Å². The lowest BCUT2D eigenvalue weighted by Crippen LogP contribution is -2.15. The summed E-state index contributed by atoms with van der Waals surface area (Å²) in [6.07, 6.45) is 8.01. The molecule has 0 aromatic heterocycles. The second-order valence-electron chi connectivity index (χ2n) is 7.18. The van der Waals surface area contributed by atoms with Gasteiger partial charge in [0.2, 0.25) is 0 Å². The van der Waals surface area contributed by atoms with Crippen LogP contribution in [-0.4, -0.2) is 22.9 Å². The maximum absolute atomic E-state index is 14.6. The highest BCUT2D eigenvalue weighted by molar-refractivity contribution is 8.13.